The van der Waals surface area contributed by atoms with E-state index in [0.717, 1.165) is 16.7 Å². The molecule has 0 radical (unpaired) electrons. The molecule has 0 spiro atoms. The fraction of sp³-hybridized carbons (Fsp3) is 0.432. The van der Waals surface area contributed by atoms with Crippen LogP contribution in [-0.4, -0.2) is 74.1 Å². The number of rotatable bonds is 8. The van der Waals surface area contributed by atoms with Gasteiger partial charge in [0.25, 0.3) is 0 Å². The van der Waals surface area contributed by atoms with Crippen molar-refractivity contribution in [2.45, 2.75) is 76.0 Å². The maximum absolute atomic E-state index is 13.9. The molecule has 11 heteroatoms. The second kappa shape index (κ2) is 14.9. The highest BCUT2D eigenvalue weighted by atomic mass is 32.2. The minimum Gasteiger partial charge on any atom is -0.462 e. The van der Waals surface area contributed by atoms with E-state index >= 15 is 0 Å². The van der Waals surface area contributed by atoms with Gasteiger partial charge in [-0.3, -0.25) is 4.79 Å². The normalized spacial score (nSPS) is 20.2. The first kappa shape index (κ1) is 35.1. The van der Waals surface area contributed by atoms with Crippen LogP contribution in [0.4, 0.5) is 4.79 Å². The van der Waals surface area contributed by atoms with Crippen LogP contribution in [0.1, 0.15) is 75.3 Å². The lowest BCUT2D eigenvalue weighted by molar-refractivity contribution is -0.142. The third-order valence-corrected chi connectivity index (χ3v) is 10.3. The average Bonchev–Trinajstić information content (AvgIpc) is 3.08. The van der Waals surface area contributed by atoms with Crippen molar-refractivity contribution >= 4 is 28.0 Å². The molecule has 3 aromatic rings. The zero-order chi connectivity index (χ0) is 34.5. The predicted octanol–water partition coefficient (Wildman–Crippen LogP) is 6.19. The van der Waals surface area contributed by atoms with Crippen LogP contribution in [0.15, 0.2) is 83.8 Å². The first-order valence-corrected chi connectivity index (χ1v) is 18.1. The number of carbonyl (C=O) groups excluding carboxylic acids is 3. The van der Waals surface area contributed by atoms with Gasteiger partial charge >= 0.3 is 12.1 Å². The molecule has 2 aliphatic rings. The van der Waals surface area contributed by atoms with Crippen LogP contribution in [0.2, 0.25) is 0 Å². The molecule has 1 saturated heterocycles. The lowest BCUT2D eigenvalue weighted by atomic mass is 9.85. The molecule has 256 valence electrons. The second-order valence-corrected chi connectivity index (χ2v) is 15.1. The Morgan fingerprint density at radius 2 is 1.44 bits per heavy atom. The van der Waals surface area contributed by atoms with Crippen LogP contribution in [0, 0.1) is 5.92 Å². The third-order valence-electron chi connectivity index (χ3n) is 8.79. The molecule has 1 aliphatic carbocycles. The number of ether oxygens (including phenoxy) is 2. The Hall–Kier alpha value is -4.22. The molecule has 1 aliphatic heterocycles. The Bertz CT molecular complexity index is 1680. The van der Waals surface area contributed by atoms with Gasteiger partial charge in [-0.1, -0.05) is 54.6 Å². The number of hydrogen-bond donors (Lipinski definition) is 1. The number of sulfonamides is 1. The summed E-state index contributed by atoms with van der Waals surface area (Å²) in [4.78, 5) is 42.5. The van der Waals surface area contributed by atoms with Gasteiger partial charge in [-0.25, -0.2) is 22.7 Å². The summed E-state index contributed by atoms with van der Waals surface area (Å²) < 4.78 is 40.1. The van der Waals surface area contributed by atoms with E-state index in [9.17, 15) is 22.8 Å². The second-order valence-electron chi connectivity index (χ2n) is 13.4. The number of benzene rings is 3. The fourth-order valence-corrected chi connectivity index (χ4v) is 7.62. The molecule has 0 unspecified atom stereocenters. The molecule has 2 amide bonds. The molecule has 5 rings (SSSR count). The van der Waals surface area contributed by atoms with Gasteiger partial charge in [-0.15, -0.1) is 0 Å². The van der Waals surface area contributed by atoms with Crippen molar-refractivity contribution in [3.63, 3.8) is 0 Å². The first-order chi connectivity index (χ1) is 22.8. The van der Waals surface area contributed by atoms with Gasteiger partial charge in [-0.2, -0.15) is 0 Å². The van der Waals surface area contributed by atoms with E-state index in [-0.39, 0.29) is 40.9 Å². The summed E-state index contributed by atoms with van der Waals surface area (Å²) in [5.41, 5.74) is 2.47. The van der Waals surface area contributed by atoms with E-state index in [1.807, 2.05) is 56.0 Å². The van der Waals surface area contributed by atoms with Gasteiger partial charge in [-0.05, 0) is 94.3 Å². The van der Waals surface area contributed by atoms with E-state index in [1.54, 1.807) is 60.4 Å². The lowest BCUT2D eigenvalue weighted by Gasteiger charge is -2.43. The van der Waals surface area contributed by atoms with Crippen LogP contribution in [0.3, 0.4) is 0 Å². The highest BCUT2D eigenvalue weighted by Crippen LogP contribution is 2.33. The van der Waals surface area contributed by atoms with Crippen LogP contribution in [-0.2, 0) is 24.3 Å². The van der Waals surface area contributed by atoms with Gasteiger partial charge < -0.3 is 19.3 Å². The van der Waals surface area contributed by atoms with Crippen molar-refractivity contribution in [3.8, 4) is 11.1 Å². The molecule has 1 heterocycles. The molecule has 1 atom stereocenters. The van der Waals surface area contributed by atoms with E-state index in [0.29, 0.717) is 57.5 Å². The molecule has 10 nitrogen and oxygen atoms in total. The first-order valence-electron chi connectivity index (χ1n) is 16.6. The van der Waals surface area contributed by atoms with Crippen molar-refractivity contribution in [1.29, 1.82) is 0 Å². The van der Waals surface area contributed by atoms with Gasteiger partial charge in [0.15, 0.2) is 0 Å². The monoisotopic (exact) mass is 675 g/mol. The Kier molecular flexibility index (Phi) is 10.9. The number of carbonyl (C=O) groups is 3. The van der Waals surface area contributed by atoms with Crippen LogP contribution in [0.5, 0.6) is 0 Å². The topological polar surface area (TPSA) is 122 Å². The number of piperazine rings is 1. The zero-order valence-electron chi connectivity index (χ0n) is 28.1. The van der Waals surface area contributed by atoms with Gasteiger partial charge in [0.05, 0.1) is 23.1 Å². The summed E-state index contributed by atoms with van der Waals surface area (Å²) in [6.07, 6.45) is 1.85. The third kappa shape index (κ3) is 8.62. The Labute approximate surface area is 283 Å². The highest BCUT2D eigenvalue weighted by Gasteiger charge is 2.39. The van der Waals surface area contributed by atoms with Gasteiger partial charge in [0.2, 0.25) is 15.9 Å². The lowest BCUT2D eigenvalue weighted by Crippen LogP contribution is -2.54. The Balaban J connectivity index is 1.18. The smallest absolute Gasteiger partial charge is 0.410 e. The zero-order valence-corrected chi connectivity index (χ0v) is 28.9. The largest absolute Gasteiger partial charge is 0.462 e. The molecule has 2 fully saturated rings. The quantitative estimate of drug-likeness (QED) is 0.283. The van der Waals surface area contributed by atoms with E-state index in [1.165, 1.54) is 0 Å². The van der Waals surface area contributed by atoms with Gasteiger partial charge in [0, 0.05) is 31.6 Å². The van der Waals surface area contributed by atoms with E-state index < -0.39 is 15.6 Å². The minimum absolute atomic E-state index is 0.0416. The predicted molar refractivity (Wildman–Crippen MR) is 183 cm³/mol. The minimum atomic E-state index is -3.77. The van der Waals surface area contributed by atoms with Crippen molar-refractivity contribution in [2.24, 2.45) is 5.92 Å². The molecule has 0 bridgehead atoms. The van der Waals surface area contributed by atoms with Gasteiger partial charge in [0.1, 0.15) is 5.60 Å². The average molecular weight is 676 g/mol. The van der Waals surface area contributed by atoms with Crippen LogP contribution < -0.4 is 4.72 Å². The standard InChI is InChI=1S/C37H45N3O7S/c1-5-46-35(42)30-13-11-26(12-14-30)27-17-21-32(22-18-27)48(44,45)38-31-19-15-29(16-20-31)34(41)40-24-23-39(36(43)47-37(2,3)4)25-33(40)28-9-7-6-8-10-28/h6-14,17-18,21-22,29,31,33,38H,5,15-16,19-20,23-25H2,1-4H3/t29-,31-,33-/m1/s1. The number of nitrogens with zero attached hydrogens (tertiary/aromatic N) is 2. The van der Waals surface area contributed by atoms with Crippen molar-refractivity contribution < 1.29 is 32.3 Å². The summed E-state index contributed by atoms with van der Waals surface area (Å²) in [5, 5.41) is 0. The molecule has 1 saturated carbocycles. The number of esters is 1. The molecule has 0 aromatic heterocycles. The van der Waals surface area contributed by atoms with Crippen molar-refractivity contribution in [1.82, 2.24) is 14.5 Å². The van der Waals surface area contributed by atoms with Crippen molar-refractivity contribution in [2.75, 3.05) is 26.2 Å². The maximum atomic E-state index is 13.9. The summed E-state index contributed by atoms with van der Waals surface area (Å²) in [6.45, 7) is 8.69. The van der Waals surface area contributed by atoms with Crippen LogP contribution in [0.25, 0.3) is 11.1 Å². The fourth-order valence-electron chi connectivity index (χ4n) is 6.32. The number of hydrogen-bond acceptors (Lipinski definition) is 7. The van der Waals surface area contributed by atoms with Crippen LogP contribution >= 0.6 is 0 Å². The maximum Gasteiger partial charge on any atom is 0.410 e. The number of amides is 2. The summed E-state index contributed by atoms with van der Waals surface area (Å²) in [5.74, 6) is -0.566. The summed E-state index contributed by atoms with van der Waals surface area (Å²) >= 11 is 0. The molecular weight excluding hydrogens is 630 g/mol. The van der Waals surface area contributed by atoms with E-state index in [4.69, 9.17) is 9.47 Å². The molecule has 1 N–H and O–H groups in total. The Morgan fingerprint density at radius 1 is 0.833 bits per heavy atom. The summed E-state index contributed by atoms with van der Waals surface area (Å²) in [6, 6.07) is 22.8. The van der Waals surface area contributed by atoms with Crippen molar-refractivity contribution in [3.05, 3.63) is 90.0 Å². The molecular formula is C37H45N3O7S. The SMILES string of the molecule is CCOC(=O)c1ccc(-c2ccc(S(=O)(=O)N[C@H]3CC[C@H](C(=O)N4CCN(C(=O)OC(C)(C)C)C[C@@H]4c4ccccc4)CC3)cc2)cc1. The summed E-state index contributed by atoms with van der Waals surface area (Å²) in [7, 11) is -3.77. The van der Waals surface area contributed by atoms with E-state index in [2.05, 4.69) is 4.72 Å². The molecule has 3 aromatic carbocycles. The number of nitrogens with one attached hydrogen (secondary N) is 1. The molecule has 48 heavy (non-hydrogen) atoms. The highest BCUT2D eigenvalue weighted by molar-refractivity contribution is 7.89. The Morgan fingerprint density at radius 3 is 2.02 bits per heavy atom.